The summed E-state index contributed by atoms with van der Waals surface area (Å²) in [5.41, 5.74) is 2.57. The molecule has 4 heterocycles. The van der Waals surface area contributed by atoms with Gasteiger partial charge in [-0.3, -0.25) is 0 Å². The number of amides is 2. The second-order valence-corrected chi connectivity index (χ2v) is 23.5. The van der Waals surface area contributed by atoms with Crippen molar-refractivity contribution in [1.82, 2.24) is 10.2 Å². The molecule has 2 amide bonds. The summed E-state index contributed by atoms with van der Waals surface area (Å²) in [6.07, 6.45) is 39.6. The second-order valence-electron chi connectivity index (χ2n) is 17.2. The fourth-order valence-electron chi connectivity index (χ4n) is 11.6. The molecule has 4 aliphatic heterocycles. The second kappa shape index (κ2) is 16.2. The first-order valence-electron chi connectivity index (χ1n) is 20.7. The van der Waals surface area contributed by atoms with Crippen LogP contribution >= 0.6 is 6.60 Å². The molecule has 258 valence electrons. The molecule has 1 spiro atoms. The van der Waals surface area contributed by atoms with Gasteiger partial charge in [0.2, 0.25) is 0 Å². The molecule has 0 aromatic heterocycles. The maximum absolute atomic E-state index is 14.4. The van der Waals surface area contributed by atoms with Crippen molar-refractivity contribution in [2.24, 2.45) is 11.8 Å². The zero-order valence-corrected chi connectivity index (χ0v) is 30.2. The Morgan fingerprint density at radius 3 is 1.49 bits per heavy atom. The molecule has 6 fully saturated rings. The van der Waals surface area contributed by atoms with E-state index >= 15 is 0 Å². The van der Waals surface area contributed by atoms with Crippen LogP contribution in [0.1, 0.15) is 180 Å². The molecule has 1 N–H and O–H groups in total. The van der Waals surface area contributed by atoms with Gasteiger partial charge in [0, 0.05) is 0 Å². The van der Waals surface area contributed by atoms with Crippen LogP contribution in [0.3, 0.4) is 0 Å². The summed E-state index contributed by atoms with van der Waals surface area (Å²) in [5.74, 6) is 1.35. The van der Waals surface area contributed by atoms with E-state index in [-0.39, 0.29) is 11.8 Å². The normalized spacial score (nSPS) is 35.4. The molecule has 2 aliphatic carbocycles. The number of fused-ring (bicyclic) bond motifs is 1. The number of hydrogen-bond acceptors (Lipinski definition) is 2. The number of piperidine rings is 1. The summed E-state index contributed by atoms with van der Waals surface area (Å²) >= 11 is 0. The first-order chi connectivity index (χ1) is 22.1. The number of rotatable bonds is 4. The van der Waals surface area contributed by atoms with E-state index in [1.807, 2.05) is 0 Å². The summed E-state index contributed by atoms with van der Waals surface area (Å²) in [5, 5.41) is 3.83. The zero-order valence-electron chi connectivity index (χ0n) is 29.3. The molecular weight excluding hydrogens is 571 g/mol. The van der Waals surface area contributed by atoms with Crippen LogP contribution in [0, 0.1) is 11.8 Å². The van der Waals surface area contributed by atoms with Crippen LogP contribution in [0.15, 0.2) is 0 Å². The van der Waals surface area contributed by atoms with E-state index in [9.17, 15) is 9.59 Å². The van der Waals surface area contributed by atoms with Gasteiger partial charge in [-0.2, -0.15) is 0 Å². The molecule has 0 radical (unpaired) electrons. The Labute approximate surface area is 277 Å². The summed E-state index contributed by atoms with van der Waals surface area (Å²) in [6, 6.07) is 0.322. The van der Waals surface area contributed by atoms with Crippen LogP contribution in [-0.4, -0.2) is 65.1 Å². The zero-order chi connectivity index (χ0) is 31.0. The Bertz CT molecular complexity index is 950. The van der Waals surface area contributed by atoms with Crippen molar-refractivity contribution in [3.8, 4) is 0 Å². The fraction of sp³-hybridized carbons (Fsp3) is 0.950. The van der Waals surface area contributed by atoms with Gasteiger partial charge in [0.1, 0.15) is 0 Å². The molecule has 6 rings (SSSR count). The van der Waals surface area contributed by atoms with Crippen molar-refractivity contribution in [3.63, 3.8) is 0 Å². The number of hydrogen-bond donors (Lipinski definition) is 1. The average molecular weight is 643 g/mol. The summed E-state index contributed by atoms with van der Waals surface area (Å²) in [7, 11) is 0. The molecule has 6 aliphatic rings. The van der Waals surface area contributed by atoms with Gasteiger partial charge in [0.25, 0.3) is 0 Å². The maximum atomic E-state index is 14.4. The number of nitrogens with one attached hydrogen (secondary N) is 1. The quantitative estimate of drug-likeness (QED) is 0.310. The van der Waals surface area contributed by atoms with Crippen molar-refractivity contribution in [2.45, 2.75) is 203 Å². The predicted molar refractivity (Wildman–Crippen MR) is 193 cm³/mol. The molecule has 4 atom stereocenters. The summed E-state index contributed by atoms with van der Waals surface area (Å²) in [4.78, 5) is 30.9. The Morgan fingerprint density at radius 1 is 0.489 bits per heavy atom. The Balaban J connectivity index is 1.20. The van der Waals surface area contributed by atoms with Gasteiger partial charge in [-0.15, -0.1) is 0 Å². The van der Waals surface area contributed by atoms with Crippen LogP contribution in [0.25, 0.3) is 0 Å². The predicted octanol–water partition coefficient (Wildman–Crippen LogP) is 10.2. The van der Waals surface area contributed by atoms with Crippen LogP contribution < -0.4 is 5.32 Å². The molecule has 4 nitrogen and oxygen atoms in total. The topological polar surface area (TPSA) is 49.4 Å². The Kier molecular flexibility index (Phi) is 12.3. The van der Waals surface area contributed by atoms with Gasteiger partial charge < -0.3 is 0 Å². The van der Waals surface area contributed by atoms with Gasteiger partial charge in [0.05, 0.1) is 0 Å². The van der Waals surface area contributed by atoms with Crippen molar-refractivity contribution < 1.29 is 9.59 Å². The molecule has 45 heavy (non-hydrogen) atoms. The Morgan fingerprint density at radius 2 is 0.956 bits per heavy atom. The van der Waals surface area contributed by atoms with Gasteiger partial charge in [-0.05, 0) is 0 Å². The van der Waals surface area contributed by atoms with E-state index in [4.69, 9.17) is 0 Å². The first-order valence-corrected chi connectivity index (χ1v) is 23.5. The molecule has 4 unspecified atom stereocenters. The summed E-state index contributed by atoms with van der Waals surface area (Å²) in [6.45, 7) is -0.0174. The van der Waals surface area contributed by atoms with Crippen molar-refractivity contribution in [1.29, 1.82) is 0 Å². The molecule has 0 aromatic carbocycles. The van der Waals surface area contributed by atoms with Crippen LogP contribution in [0.2, 0.25) is 0 Å². The number of carbonyl (C=O) groups is 2. The third-order valence-corrected chi connectivity index (χ3v) is 23.2. The van der Waals surface area contributed by atoms with Crippen molar-refractivity contribution >= 4 is 18.4 Å². The molecular formula is C40H71N2O2P. The number of likely N-dealkylation sites (tertiary alicyclic amines) is 1. The molecule has 0 aromatic rings. The third-order valence-electron chi connectivity index (χ3n) is 14.5. The molecule has 4 saturated heterocycles. The first kappa shape index (κ1) is 34.2. The molecule has 0 bridgehead atoms. The van der Waals surface area contributed by atoms with Gasteiger partial charge in [0.15, 0.2) is 0 Å². The summed E-state index contributed by atoms with van der Waals surface area (Å²) < 4.78 is 0. The van der Waals surface area contributed by atoms with E-state index in [1.165, 1.54) is 160 Å². The third kappa shape index (κ3) is 7.83. The van der Waals surface area contributed by atoms with Gasteiger partial charge in [-0.25, -0.2) is 0 Å². The monoisotopic (exact) mass is 643 g/mol. The van der Waals surface area contributed by atoms with E-state index < -0.39 is 6.60 Å². The van der Waals surface area contributed by atoms with E-state index in [1.54, 1.807) is 0 Å². The average Bonchev–Trinajstić information content (AvgIpc) is 3.87. The van der Waals surface area contributed by atoms with Gasteiger partial charge in [-0.1, -0.05) is 0 Å². The van der Waals surface area contributed by atoms with Crippen LogP contribution in [0.5, 0.6) is 0 Å². The Hall–Kier alpha value is -0.630. The van der Waals surface area contributed by atoms with Gasteiger partial charge >= 0.3 is 278 Å². The van der Waals surface area contributed by atoms with Crippen molar-refractivity contribution in [2.75, 3.05) is 25.4 Å². The fourth-order valence-corrected chi connectivity index (χ4v) is 22.0. The minimum atomic E-state index is -1.88. The van der Waals surface area contributed by atoms with Crippen LogP contribution in [0.4, 0.5) is 0 Å². The van der Waals surface area contributed by atoms with E-state index in [0.29, 0.717) is 23.5 Å². The van der Waals surface area contributed by atoms with Crippen molar-refractivity contribution in [3.05, 3.63) is 0 Å². The number of carbonyl (C=O) groups excluding carboxylic acids is 2. The van der Waals surface area contributed by atoms with Crippen LogP contribution in [-0.2, 0) is 9.59 Å². The van der Waals surface area contributed by atoms with E-state index in [2.05, 4.69) is 10.2 Å². The molecule has 2 saturated carbocycles. The van der Waals surface area contributed by atoms with E-state index in [0.717, 1.165) is 56.5 Å². The molecule has 5 heteroatoms. The standard InChI is InChI=1S/C40H71N2O2P/c43-39(33-23-17-11-8-9-12-18-24-33)41-35-28-29-42(40(44)34-25-19-13-5-1-2-6-14-20-26-34)31-37(35)45-30-22-16-10-4-3-7-15-21-27-36(45)38(45)32-45/h33-38H,1-32H2,(H,41,43). The SMILES string of the molecule is O=C(NC1CCN(C(=O)C2CCCCCCCCCC2)CC1P123CCCCCCCCCCC1C2C3)C1CCCCCCCC1. The number of nitrogens with zero attached hydrogens (tertiary/aromatic N) is 1. The minimum absolute atomic E-state index is 0.215.